The number of rotatable bonds is 6. The van der Waals surface area contributed by atoms with Crippen molar-refractivity contribution in [2.75, 3.05) is 13.2 Å². The van der Waals surface area contributed by atoms with Crippen molar-refractivity contribution in [3.8, 4) is 0 Å². The lowest BCUT2D eigenvalue weighted by Crippen LogP contribution is -2.47. The van der Waals surface area contributed by atoms with E-state index in [4.69, 9.17) is 0 Å². The number of hydrogen-bond donors (Lipinski definition) is 2. The Morgan fingerprint density at radius 3 is 2.50 bits per heavy atom. The Morgan fingerprint density at radius 1 is 1.25 bits per heavy atom. The van der Waals surface area contributed by atoms with Crippen LogP contribution in [0.5, 0.6) is 0 Å². The molecular formula is C14H29NO. The van der Waals surface area contributed by atoms with E-state index < -0.39 is 0 Å². The fraction of sp³-hybridized carbons (Fsp3) is 1.00. The Hall–Kier alpha value is -0.0800. The van der Waals surface area contributed by atoms with E-state index in [1.54, 1.807) is 0 Å². The van der Waals surface area contributed by atoms with Crippen LogP contribution in [0.25, 0.3) is 0 Å². The second-order valence-corrected chi connectivity index (χ2v) is 5.76. The van der Waals surface area contributed by atoms with Gasteiger partial charge in [0.05, 0.1) is 6.61 Å². The lowest BCUT2D eigenvalue weighted by molar-refractivity contribution is 0.154. The average molecular weight is 227 g/mol. The van der Waals surface area contributed by atoms with Gasteiger partial charge in [0, 0.05) is 5.54 Å². The Balaban J connectivity index is 2.31. The highest BCUT2D eigenvalue weighted by atomic mass is 16.3. The van der Waals surface area contributed by atoms with Crippen LogP contribution in [0.4, 0.5) is 0 Å². The standard InChI is InChI=1S/C14H29NO/c1-4-12-7-6-8-13(9-12)10-15-14(3,5-2)11-16/h12-13,15-16H,4-11H2,1-3H3. The summed E-state index contributed by atoms with van der Waals surface area (Å²) in [7, 11) is 0. The van der Waals surface area contributed by atoms with Gasteiger partial charge in [-0.1, -0.05) is 33.1 Å². The summed E-state index contributed by atoms with van der Waals surface area (Å²) in [5.41, 5.74) is -0.0703. The molecule has 2 nitrogen and oxygen atoms in total. The normalized spacial score (nSPS) is 30.0. The van der Waals surface area contributed by atoms with Gasteiger partial charge < -0.3 is 10.4 Å². The molecule has 16 heavy (non-hydrogen) atoms. The van der Waals surface area contributed by atoms with Crippen molar-refractivity contribution in [3.05, 3.63) is 0 Å². The third-order valence-electron chi connectivity index (χ3n) is 4.42. The Bertz CT molecular complexity index is 189. The molecule has 96 valence electrons. The SMILES string of the molecule is CCC1CCCC(CNC(C)(CC)CO)C1. The molecular weight excluding hydrogens is 198 g/mol. The van der Waals surface area contributed by atoms with E-state index in [9.17, 15) is 5.11 Å². The summed E-state index contributed by atoms with van der Waals surface area (Å²) in [6, 6.07) is 0. The van der Waals surface area contributed by atoms with Gasteiger partial charge in [0.1, 0.15) is 0 Å². The summed E-state index contributed by atoms with van der Waals surface area (Å²) >= 11 is 0. The fourth-order valence-electron chi connectivity index (χ4n) is 2.64. The van der Waals surface area contributed by atoms with E-state index in [2.05, 4.69) is 26.1 Å². The first-order chi connectivity index (χ1) is 7.63. The summed E-state index contributed by atoms with van der Waals surface area (Å²) in [5, 5.41) is 12.9. The molecule has 1 rings (SSSR count). The Morgan fingerprint density at radius 2 is 1.94 bits per heavy atom. The van der Waals surface area contributed by atoms with Gasteiger partial charge in [-0.05, 0) is 44.6 Å². The first-order valence-electron chi connectivity index (χ1n) is 6.99. The molecule has 0 aromatic carbocycles. The van der Waals surface area contributed by atoms with E-state index in [0.29, 0.717) is 0 Å². The summed E-state index contributed by atoms with van der Waals surface area (Å²) in [6.07, 6.45) is 7.91. The zero-order valence-electron chi connectivity index (χ0n) is 11.3. The molecule has 2 N–H and O–H groups in total. The third kappa shape index (κ3) is 4.06. The number of hydrogen-bond acceptors (Lipinski definition) is 2. The van der Waals surface area contributed by atoms with Gasteiger partial charge in [-0.2, -0.15) is 0 Å². The molecule has 2 heteroatoms. The van der Waals surface area contributed by atoms with Crippen molar-refractivity contribution >= 4 is 0 Å². The highest BCUT2D eigenvalue weighted by Crippen LogP contribution is 2.30. The average Bonchev–Trinajstić information content (AvgIpc) is 2.36. The molecule has 0 radical (unpaired) electrons. The van der Waals surface area contributed by atoms with E-state index >= 15 is 0 Å². The van der Waals surface area contributed by atoms with Gasteiger partial charge in [0.2, 0.25) is 0 Å². The summed E-state index contributed by atoms with van der Waals surface area (Å²) < 4.78 is 0. The molecule has 0 bridgehead atoms. The summed E-state index contributed by atoms with van der Waals surface area (Å²) in [4.78, 5) is 0. The number of aliphatic hydroxyl groups excluding tert-OH is 1. The number of aliphatic hydroxyl groups is 1. The van der Waals surface area contributed by atoms with Gasteiger partial charge in [-0.25, -0.2) is 0 Å². The molecule has 1 fully saturated rings. The molecule has 0 heterocycles. The second-order valence-electron chi connectivity index (χ2n) is 5.76. The van der Waals surface area contributed by atoms with Crippen LogP contribution < -0.4 is 5.32 Å². The topological polar surface area (TPSA) is 32.3 Å². The lowest BCUT2D eigenvalue weighted by Gasteiger charge is -2.33. The molecule has 0 aromatic rings. The smallest absolute Gasteiger partial charge is 0.0610 e. The molecule has 0 amide bonds. The lowest BCUT2D eigenvalue weighted by atomic mass is 9.80. The van der Waals surface area contributed by atoms with Crippen molar-refractivity contribution in [2.24, 2.45) is 11.8 Å². The summed E-state index contributed by atoms with van der Waals surface area (Å²) in [5.74, 6) is 1.78. The van der Waals surface area contributed by atoms with Gasteiger partial charge >= 0.3 is 0 Å². The van der Waals surface area contributed by atoms with Crippen LogP contribution >= 0.6 is 0 Å². The van der Waals surface area contributed by atoms with E-state index in [0.717, 1.165) is 24.8 Å². The minimum absolute atomic E-state index is 0.0703. The maximum Gasteiger partial charge on any atom is 0.0610 e. The molecule has 0 saturated heterocycles. The maximum absolute atomic E-state index is 9.35. The van der Waals surface area contributed by atoms with Crippen molar-refractivity contribution in [2.45, 2.75) is 64.8 Å². The van der Waals surface area contributed by atoms with Crippen LogP contribution in [0.3, 0.4) is 0 Å². The van der Waals surface area contributed by atoms with Crippen LogP contribution in [0.2, 0.25) is 0 Å². The highest BCUT2D eigenvalue weighted by Gasteiger charge is 2.25. The molecule has 3 atom stereocenters. The van der Waals surface area contributed by atoms with Crippen LogP contribution in [-0.2, 0) is 0 Å². The fourth-order valence-corrected chi connectivity index (χ4v) is 2.64. The monoisotopic (exact) mass is 227 g/mol. The first-order valence-corrected chi connectivity index (χ1v) is 6.99. The Kier molecular flexibility index (Phi) is 5.77. The van der Waals surface area contributed by atoms with Crippen LogP contribution in [0.1, 0.15) is 59.3 Å². The van der Waals surface area contributed by atoms with Crippen LogP contribution in [-0.4, -0.2) is 23.8 Å². The molecule has 1 saturated carbocycles. The maximum atomic E-state index is 9.35. The predicted octanol–water partition coefficient (Wildman–Crippen LogP) is 2.95. The van der Waals surface area contributed by atoms with Crippen molar-refractivity contribution in [1.82, 2.24) is 5.32 Å². The minimum Gasteiger partial charge on any atom is -0.394 e. The quantitative estimate of drug-likeness (QED) is 0.731. The first kappa shape index (κ1) is 14.0. The molecule has 0 spiro atoms. The Labute approximate surface area is 101 Å². The van der Waals surface area contributed by atoms with Gasteiger partial charge in [-0.3, -0.25) is 0 Å². The molecule has 1 aliphatic rings. The van der Waals surface area contributed by atoms with Crippen LogP contribution in [0, 0.1) is 11.8 Å². The second kappa shape index (κ2) is 6.61. The molecule has 1 aliphatic carbocycles. The van der Waals surface area contributed by atoms with Crippen molar-refractivity contribution < 1.29 is 5.11 Å². The molecule has 0 aromatic heterocycles. The largest absolute Gasteiger partial charge is 0.394 e. The zero-order valence-corrected chi connectivity index (χ0v) is 11.3. The van der Waals surface area contributed by atoms with E-state index in [1.807, 2.05) is 0 Å². The molecule has 0 aliphatic heterocycles. The van der Waals surface area contributed by atoms with E-state index in [1.165, 1.54) is 32.1 Å². The predicted molar refractivity (Wildman–Crippen MR) is 69.5 cm³/mol. The summed E-state index contributed by atoms with van der Waals surface area (Å²) in [6.45, 7) is 7.89. The van der Waals surface area contributed by atoms with Crippen molar-refractivity contribution in [3.63, 3.8) is 0 Å². The third-order valence-corrected chi connectivity index (χ3v) is 4.42. The number of nitrogens with one attached hydrogen (secondary N) is 1. The molecule has 3 unspecified atom stereocenters. The minimum atomic E-state index is -0.0703. The van der Waals surface area contributed by atoms with Crippen LogP contribution in [0.15, 0.2) is 0 Å². The van der Waals surface area contributed by atoms with Gasteiger partial charge in [0.15, 0.2) is 0 Å². The van der Waals surface area contributed by atoms with E-state index in [-0.39, 0.29) is 12.1 Å². The van der Waals surface area contributed by atoms with Crippen molar-refractivity contribution in [1.29, 1.82) is 0 Å². The van der Waals surface area contributed by atoms with Gasteiger partial charge in [0.25, 0.3) is 0 Å². The zero-order chi connectivity index (χ0) is 12.0. The van der Waals surface area contributed by atoms with Gasteiger partial charge in [-0.15, -0.1) is 0 Å². The highest BCUT2D eigenvalue weighted by molar-refractivity contribution is 4.83.